The van der Waals surface area contributed by atoms with E-state index in [1.807, 2.05) is 0 Å². The van der Waals surface area contributed by atoms with Crippen LogP contribution in [0.5, 0.6) is 0 Å². The Morgan fingerprint density at radius 2 is 2.06 bits per heavy atom. The summed E-state index contributed by atoms with van der Waals surface area (Å²) in [6.07, 6.45) is 0. The van der Waals surface area contributed by atoms with Crippen molar-refractivity contribution in [2.75, 3.05) is 7.11 Å². The molecule has 16 heavy (non-hydrogen) atoms. The van der Waals surface area contributed by atoms with Gasteiger partial charge in [-0.05, 0) is 24.1 Å². The molecule has 1 aromatic carbocycles. The number of hydrogen-bond acceptors (Lipinski definition) is 4. The lowest BCUT2D eigenvalue weighted by atomic mass is 10.0. The molecule has 0 spiro atoms. The van der Waals surface area contributed by atoms with Crippen molar-refractivity contribution in [3.8, 4) is 0 Å². The highest BCUT2D eigenvalue weighted by Gasteiger charge is 2.16. The van der Waals surface area contributed by atoms with Crippen LogP contribution in [0.4, 0.5) is 5.69 Å². The molecule has 0 aliphatic rings. The highest BCUT2D eigenvalue weighted by atomic mass is 16.6. The first-order valence-electron chi connectivity index (χ1n) is 4.50. The van der Waals surface area contributed by atoms with Gasteiger partial charge in [0.2, 0.25) is 0 Å². The van der Waals surface area contributed by atoms with Gasteiger partial charge in [-0.15, -0.1) is 0 Å². The molecule has 0 amide bonds. The summed E-state index contributed by atoms with van der Waals surface area (Å²) in [5.41, 5.74) is 1.21. The lowest BCUT2D eigenvalue weighted by molar-refractivity contribution is -0.384. The molecule has 5 heteroatoms. The maximum Gasteiger partial charge on any atom is 0.338 e. The van der Waals surface area contributed by atoms with Crippen molar-refractivity contribution < 1.29 is 14.5 Å². The number of hydrogen-bond donors (Lipinski definition) is 0. The van der Waals surface area contributed by atoms with Crippen LogP contribution in [-0.2, 0) is 4.74 Å². The van der Waals surface area contributed by atoms with E-state index in [2.05, 4.69) is 11.3 Å². The fraction of sp³-hybridized carbons (Fsp3) is 0.182. The molecule has 0 fully saturated rings. The lowest BCUT2D eigenvalue weighted by Gasteiger charge is -2.06. The van der Waals surface area contributed by atoms with E-state index >= 15 is 0 Å². The molecule has 1 aromatic rings. The Morgan fingerprint density at radius 3 is 2.50 bits per heavy atom. The van der Waals surface area contributed by atoms with Crippen LogP contribution < -0.4 is 0 Å². The molecule has 0 saturated carbocycles. The third kappa shape index (κ3) is 2.25. The van der Waals surface area contributed by atoms with Crippen molar-refractivity contribution in [3.63, 3.8) is 0 Å². The molecular weight excluding hydrogens is 210 g/mol. The predicted molar refractivity (Wildman–Crippen MR) is 59.1 cm³/mol. The van der Waals surface area contributed by atoms with Gasteiger partial charge in [-0.2, -0.15) is 0 Å². The van der Waals surface area contributed by atoms with Crippen LogP contribution >= 0.6 is 0 Å². The number of nitro groups is 1. The van der Waals surface area contributed by atoms with E-state index in [-0.39, 0.29) is 11.3 Å². The number of carbonyl (C=O) groups excluding carboxylic acids is 1. The first kappa shape index (κ1) is 11.9. The summed E-state index contributed by atoms with van der Waals surface area (Å²) in [5, 5.41) is 10.6. The molecule has 0 heterocycles. The van der Waals surface area contributed by atoms with Gasteiger partial charge in [-0.3, -0.25) is 10.1 Å². The van der Waals surface area contributed by atoms with Crippen molar-refractivity contribution in [3.05, 3.63) is 46.0 Å². The van der Waals surface area contributed by atoms with E-state index in [0.29, 0.717) is 11.1 Å². The van der Waals surface area contributed by atoms with Gasteiger partial charge in [0.1, 0.15) is 0 Å². The van der Waals surface area contributed by atoms with Gasteiger partial charge in [0.25, 0.3) is 5.69 Å². The second kappa shape index (κ2) is 4.57. The molecule has 0 aromatic heterocycles. The molecule has 0 bridgehead atoms. The normalized spacial score (nSPS) is 9.62. The fourth-order valence-electron chi connectivity index (χ4n) is 1.29. The van der Waals surface area contributed by atoms with E-state index in [0.717, 1.165) is 0 Å². The zero-order valence-electron chi connectivity index (χ0n) is 9.02. The number of nitrogens with zero attached hydrogens (tertiary/aromatic N) is 1. The van der Waals surface area contributed by atoms with E-state index in [1.165, 1.54) is 25.3 Å². The number of non-ortho nitro benzene ring substituents is 1. The van der Waals surface area contributed by atoms with E-state index in [1.54, 1.807) is 6.92 Å². The number of methoxy groups -OCH3 is 1. The average Bonchev–Trinajstić information content (AvgIpc) is 2.26. The van der Waals surface area contributed by atoms with Crippen molar-refractivity contribution in [2.45, 2.75) is 6.92 Å². The summed E-state index contributed by atoms with van der Waals surface area (Å²) >= 11 is 0. The minimum atomic E-state index is -0.534. The Hall–Kier alpha value is -2.17. The highest BCUT2D eigenvalue weighted by molar-refractivity contribution is 5.95. The average molecular weight is 221 g/mol. The zero-order valence-corrected chi connectivity index (χ0v) is 9.02. The predicted octanol–water partition coefficient (Wildman–Crippen LogP) is 2.41. The minimum absolute atomic E-state index is 0.0781. The van der Waals surface area contributed by atoms with Crippen LogP contribution in [-0.4, -0.2) is 18.0 Å². The summed E-state index contributed by atoms with van der Waals surface area (Å²) in [6.45, 7) is 5.34. The van der Waals surface area contributed by atoms with E-state index in [4.69, 9.17) is 0 Å². The maximum atomic E-state index is 11.4. The van der Waals surface area contributed by atoms with Gasteiger partial charge in [0, 0.05) is 12.1 Å². The number of ether oxygens (including phenoxy) is 1. The molecule has 84 valence electrons. The molecule has 0 radical (unpaired) electrons. The first-order valence-corrected chi connectivity index (χ1v) is 4.50. The van der Waals surface area contributed by atoms with Crippen molar-refractivity contribution in [1.29, 1.82) is 0 Å². The van der Waals surface area contributed by atoms with Gasteiger partial charge < -0.3 is 4.74 Å². The van der Waals surface area contributed by atoms with Crippen LogP contribution in [0.3, 0.4) is 0 Å². The SMILES string of the molecule is C=C(C)c1cc([N+](=O)[O-])ccc1C(=O)OC. The number of rotatable bonds is 3. The summed E-state index contributed by atoms with van der Waals surface area (Å²) in [7, 11) is 1.26. The highest BCUT2D eigenvalue weighted by Crippen LogP contribution is 2.23. The topological polar surface area (TPSA) is 69.4 Å². The van der Waals surface area contributed by atoms with Gasteiger partial charge in [-0.25, -0.2) is 4.79 Å². The molecule has 0 aliphatic heterocycles. The second-order valence-electron chi connectivity index (χ2n) is 3.26. The van der Waals surface area contributed by atoms with Crippen LogP contribution in [0, 0.1) is 10.1 Å². The third-order valence-corrected chi connectivity index (χ3v) is 2.08. The Morgan fingerprint density at radius 1 is 1.44 bits per heavy atom. The maximum absolute atomic E-state index is 11.4. The first-order chi connectivity index (χ1) is 7.47. The number of carbonyl (C=O) groups is 1. The molecule has 5 nitrogen and oxygen atoms in total. The van der Waals surface area contributed by atoms with Crippen LogP contribution in [0.2, 0.25) is 0 Å². The number of allylic oxidation sites excluding steroid dienone is 1. The zero-order chi connectivity index (χ0) is 12.3. The van der Waals surface area contributed by atoms with Crippen molar-refractivity contribution >= 4 is 17.2 Å². The molecule has 0 aliphatic carbocycles. The van der Waals surface area contributed by atoms with Gasteiger partial charge in [-0.1, -0.05) is 6.58 Å². The van der Waals surface area contributed by atoms with E-state index in [9.17, 15) is 14.9 Å². The standard InChI is InChI=1S/C11H11NO4/c1-7(2)10-6-8(12(14)15)4-5-9(10)11(13)16-3/h4-6H,1H2,2-3H3. The third-order valence-electron chi connectivity index (χ3n) is 2.08. The number of benzene rings is 1. The number of esters is 1. The molecule has 1 rings (SSSR count). The summed E-state index contributed by atoms with van der Waals surface area (Å²) < 4.78 is 4.58. The second-order valence-corrected chi connectivity index (χ2v) is 3.26. The summed E-state index contributed by atoms with van der Waals surface area (Å²) in [6, 6.07) is 3.95. The Labute approximate surface area is 92.5 Å². The molecule has 0 N–H and O–H groups in total. The summed E-state index contributed by atoms with van der Waals surface area (Å²) in [5.74, 6) is -0.534. The largest absolute Gasteiger partial charge is 0.465 e. The van der Waals surface area contributed by atoms with Crippen LogP contribution in [0.25, 0.3) is 5.57 Å². The van der Waals surface area contributed by atoms with Gasteiger partial charge >= 0.3 is 5.97 Å². The van der Waals surface area contributed by atoms with Crippen molar-refractivity contribution in [2.24, 2.45) is 0 Å². The Bertz CT molecular complexity index is 465. The van der Waals surface area contributed by atoms with Crippen LogP contribution in [0.15, 0.2) is 24.8 Å². The lowest BCUT2D eigenvalue weighted by Crippen LogP contribution is -2.05. The van der Waals surface area contributed by atoms with Crippen LogP contribution in [0.1, 0.15) is 22.8 Å². The van der Waals surface area contributed by atoms with E-state index < -0.39 is 10.9 Å². The Kier molecular flexibility index (Phi) is 3.40. The molecule has 0 unspecified atom stereocenters. The summed E-state index contributed by atoms with van der Waals surface area (Å²) in [4.78, 5) is 21.5. The quantitative estimate of drug-likeness (QED) is 0.446. The fourth-order valence-corrected chi connectivity index (χ4v) is 1.29. The molecule has 0 atom stereocenters. The smallest absolute Gasteiger partial charge is 0.338 e. The van der Waals surface area contributed by atoms with Gasteiger partial charge in [0.05, 0.1) is 17.6 Å². The molecule has 0 saturated heterocycles. The minimum Gasteiger partial charge on any atom is -0.465 e. The van der Waals surface area contributed by atoms with Crippen molar-refractivity contribution in [1.82, 2.24) is 0 Å². The van der Waals surface area contributed by atoms with Gasteiger partial charge in [0.15, 0.2) is 0 Å². The Balaban J connectivity index is 3.36. The monoisotopic (exact) mass is 221 g/mol. The molecular formula is C11H11NO4. The number of nitro benzene ring substituents is 1.